The molecule has 0 aliphatic carbocycles. The summed E-state index contributed by atoms with van der Waals surface area (Å²) in [5.41, 5.74) is 3.72. The Hall–Kier alpha value is -3.56. The van der Waals surface area contributed by atoms with Gasteiger partial charge in [-0.3, -0.25) is 9.59 Å². The van der Waals surface area contributed by atoms with Gasteiger partial charge in [0.15, 0.2) is 0 Å². The molecule has 6 rings (SSSR count). The standard InChI is InChI=1S/C26H24FN5O2S/c27-17-7-5-15(6-8-17)22-14-35-24(30-22)12-28-18-10-23-25(33)31-21(26(34)32(23)13-18)9-16-11-29-20-4-2-1-3-19(16)20/h1-8,11,14,18,21,23,28-29H,9-10,12-13H2,(H,31,33)/t18-,21-,23-/m0/s1. The summed E-state index contributed by atoms with van der Waals surface area (Å²) in [6.45, 7) is 1.04. The van der Waals surface area contributed by atoms with E-state index in [2.05, 4.69) is 20.6 Å². The van der Waals surface area contributed by atoms with E-state index < -0.39 is 12.1 Å². The van der Waals surface area contributed by atoms with Crippen LogP contribution < -0.4 is 10.6 Å². The topological polar surface area (TPSA) is 90.1 Å². The Labute approximate surface area is 205 Å². The second kappa shape index (κ2) is 8.90. The molecule has 0 radical (unpaired) electrons. The molecule has 35 heavy (non-hydrogen) atoms. The van der Waals surface area contributed by atoms with Crippen LogP contribution in [0.5, 0.6) is 0 Å². The highest BCUT2D eigenvalue weighted by Crippen LogP contribution is 2.27. The summed E-state index contributed by atoms with van der Waals surface area (Å²) in [4.78, 5) is 35.7. The molecule has 7 nitrogen and oxygen atoms in total. The third-order valence-corrected chi connectivity index (χ3v) is 7.68. The first-order valence-electron chi connectivity index (χ1n) is 11.6. The summed E-state index contributed by atoms with van der Waals surface area (Å²) in [5, 5.41) is 10.3. The molecule has 2 aliphatic rings. The molecule has 0 spiro atoms. The molecule has 2 amide bonds. The minimum atomic E-state index is -0.561. The number of para-hydroxylation sites is 1. The minimum absolute atomic E-state index is 0.0136. The third-order valence-electron chi connectivity index (χ3n) is 6.83. The van der Waals surface area contributed by atoms with Crippen LogP contribution in [0.15, 0.2) is 60.1 Å². The molecule has 2 fully saturated rings. The highest BCUT2D eigenvalue weighted by molar-refractivity contribution is 7.09. The second-order valence-electron chi connectivity index (χ2n) is 9.08. The van der Waals surface area contributed by atoms with Crippen LogP contribution in [0.3, 0.4) is 0 Å². The van der Waals surface area contributed by atoms with Gasteiger partial charge < -0.3 is 20.5 Å². The Kier molecular flexibility index (Phi) is 5.58. The third kappa shape index (κ3) is 4.21. The molecule has 3 N–H and O–H groups in total. The summed E-state index contributed by atoms with van der Waals surface area (Å²) < 4.78 is 13.2. The number of H-pyrrole nitrogens is 1. The fourth-order valence-electron chi connectivity index (χ4n) is 5.04. The number of thiazole rings is 1. The van der Waals surface area contributed by atoms with Crippen LogP contribution in [-0.2, 0) is 22.6 Å². The fourth-order valence-corrected chi connectivity index (χ4v) is 5.80. The number of fused-ring (bicyclic) bond motifs is 2. The quantitative estimate of drug-likeness (QED) is 0.388. The number of rotatable bonds is 6. The average molecular weight is 490 g/mol. The molecule has 178 valence electrons. The second-order valence-corrected chi connectivity index (χ2v) is 10.0. The number of aromatic nitrogens is 2. The molecule has 4 aromatic rings. The number of amides is 2. The van der Waals surface area contributed by atoms with Crippen LogP contribution in [0.25, 0.3) is 22.2 Å². The number of hydrogen-bond donors (Lipinski definition) is 3. The number of halogens is 1. The van der Waals surface area contributed by atoms with Crippen LogP contribution in [0.2, 0.25) is 0 Å². The highest BCUT2D eigenvalue weighted by atomic mass is 32.1. The zero-order valence-corrected chi connectivity index (χ0v) is 19.6. The summed E-state index contributed by atoms with van der Waals surface area (Å²) in [6, 6.07) is 13.3. The molecule has 2 aliphatic heterocycles. The smallest absolute Gasteiger partial charge is 0.246 e. The predicted molar refractivity (Wildman–Crippen MR) is 132 cm³/mol. The van der Waals surface area contributed by atoms with Gasteiger partial charge in [0, 0.05) is 53.6 Å². The van der Waals surface area contributed by atoms with Gasteiger partial charge in [0.25, 0.3) is 0 Å². The molecule has 2 aromatic heterocycles. The first-order valence-corrected chi connectivity index (χ1v) is 12.5. The van der Waals surface area contributed by atoms with Gasteiger partial charge in [-0.25, -0.2) is 9.37 Å². The van der Waals surface area contributed by atoms with Crippen LogP contribution in [0.4, 0.5) is 4.39 Å². The van der Waals surface area contributed by atoms with E-state index in [1.54, 1.807) is 17.0 Å². The van der Waals surface area contributed by atoms with Crippen molar-refractivity contribution in [2.45, 2.75) is 37.5 Å². The molecule has 0 bridgehead atoms. The van der Waals surface area contributed by atoms with E-state index in [1.165, 1.54) is 23.5 Å². The van der Waals surface area contributed by atoms with Gasteiger partial charge in [0.2, 0.25) is 11.8 Å². The van der Waals surface area contributed by atoms with Crippen LogP contribution in [0, 0.1) is 5.82 Å². The zero-order chi connectivity index (χ0) is 23.9. The van der Waals surface area contributed by atoms with E-state index in [0.29, 0.717) is 25.9 Å². The van der Waals surface area contributed by atoms with Crippen LogP contribution >= 0.6 is 11.3 Å². The zero-order valence-electron chi connectivity index (χ0n) is 18.8. The highest BCUT2D eigenvalue weighted by Gasteiger charge is 2.46. The van der Waals surface area contributed by atoms with E-state index in [-0.39, 0.29) is 23.7 Å². The number of nitrogens with one attached hydrogen (secondary N) is 3. The van der Waals surface area contributed by atoms with Gasteiger partial charge in [-0.05, 0) is 42.3 Å². The van der Waals surface area contributed by atoms with Gasteiger partial charge in [-0.1, -0.05) is 18.2 Å². The molecule has 4 heterocycles. The van der Waals surface area contributed by atoms with Gasteiger partial charge in [0.05, 0.1) is 5.69 Å². The summed E-state index contributed by atoms with van der Waals surface area (Å²) in [6.07, 6.45) is 2.95. The molecule has 2 saturated heterocycles. The van der Waals surface area contributed by atoms with Crippen molar-refractivity contribution in [2.75, 3.05) is 6.54 Å². The monoisotopic (exact) mass is 489 g/mol. The normalized spacial score (nSPS) is 22.0. The van der Waals surface area contributed by atoms with Crippen molar-refractivity contribution in [3.8, 4) is 11.3 Å². The van der Waals surface area contributed by atoms with E-state index in [0.717, 1.165) is 32.7 Å². The lowest BCUT2D eigenvalue weighted by Crippen LogP contribution is -2.61. The SMILES string of the molecule is O=C1N[C@@H](Cc2c[nH]c3ccccc23)C(=O)N2C[C@@H](NCc3nc(-c4ccc(F)cc4)cs3)C[C@@H]12. The average Bonchev–Trinajstić information content (AvgIpc) is 3.61. The number of benzene rings is 2. The van der Waals surface area contributed by atoms with Gasteiger partial charge in [-0.2, -0.15) is 0 Å². The van der Waals surface area contributed by atoms with Crippen LogP contribution in [0.1, 0.15) is 17.0 Å². The summed E-state index contributed by atoms with van der Waals surface area (Å²) >= 11 is 1.53. The lowest BCUT2D eigenvalue weighted by Gasteiger charge is -2.34. The Balaban J connectivity index is 1.09. The summed E-state index contributed by atoms with van der Waals surface area (Å²) in [7, 11) is 0. The molecular formula is C26H24FN5O2S. The summed E-state index contributed by atoms with van der Waals surface area (Å²) in [5.74, 6) is -0.394. The Bertz CT molecular complexity index is 1400. The molecule has 3 atom stereocenters. The molecular weight excluding hydrogens is 465 g/mol. The van der Waals surface area contributed by atoms with Gasteiger partial charge in [0.1, 0.15) is 22.9 Å². The molecule has 0 unspecified atom stereocenters. The lowest BCUT2D eigenvalue weighted by molar-refractivity contribution is -0.146. The van der Waals surface area contributed by atoms with Crippen molar-refractivity contribution >= 4 is 34.1 Å². The van der Waals surface area contributed by atoms with E-state index in [4.69, 9.17) is 0 Å². The van der Waals surface area contributed by atoms with Gasteiger partial charge >= 0.3 is 0 Å². The minimum Gasteiger partial charge on any atom is -0.361 e. The van der Waals surface area contributed by atoms with E-state index >= 15 is 0 Å². The maximum absolute atomic E-state index is 13.3. The van der Waals surface area contributed by atoms with E-state index in [9.17, 15) is 14.0 Å². The number of carbonyl (C=O) groups is 2. The molecule has 9 heteroatoms. The van der Waals surface area contributed by atoms with E-state index in [1.807, 2.05) is 35.8 Å². The predicted octanol–water partition coefficient (Wildman–Crippen LogP) is 3.23. The first kappa shape index (κ1) is 21.9. The van der Waals surface area contributed by atoms with Crippen LogP contribution in [-0.4, -0.2) is 51.4 Å². The van der Waals surface area contributed by atoms with Crippen molar-refractivity contribution < 1.29 is 14.0 Å². The van der Waals surface area contributed by atoms with Crippen molar-refractivity contribution in [1.29, 1.82) is 0 Å². The lowest BCUT2D eigenvalue weighted by atomic mass is 10.0. The Morgan fingerprint density at radius 2 is 1.97 bits per heavy atom. The van der Waals surface area contributed by atoms with Crippen molar-refractivity contribution in [3.05, 3.63) is 76.5 Å². The molecule has 2 aromatic carbocycles. The number of aromatic amines is 1. The maximum atomic E-state index is 13.3. The van der Waals surface area contributed by atoms with Crippen molar-refractivity contribution in [3.63, 3.8) is 0 Å². The largest absolute Gasteiger partial charge is 0.361 e. The fraction of sp³-hybridized carbons (Fsp3) is 0.269. The Morgan fingerprint density at radius 3 is 2.83 bits per heavy atom. The Morgan fingerprint density at radius 1 is 1.14 bits per heavy atom. The first-order chi connectivity index (χ1) is 17.0. The maximum Gasteiger partial charge on any atom is 0.246 e. The number of carbonyl (C=O) groups excluding carboxylic acids is 2. The van der Waals surface area contributed by atoms with Crippen molar-refractivity contribution in [1.82, 2.24) is 25.5 Å². The number of nitrogens with zero attached hydrogens (tertiary/aromatic N) is 2. The van der Waals surface area contributed by atoms with Crippen molar-refractivity contribution in [2.24, 2.45) is 0 Å². The van der Waals surface area contributed by atoms with Gasteiger partial charge in [-0.15, -0.1) is 11.3 Å². The number of piperazine rings is 1. The number of hydrogen-bond acceptors (Lipinski definition) is 5. The molecule has 0 saturated carbocycles.